The summed E-state index contributed by atoms with van der Waals surface area (Å²) in [4.78, 5) is 12.6. The van der Waals surface area contributed by atoms with Gasteiger partial charge in [-0.3, -0.25) is 4.79 Å². The molecule has 0 aliphatic carbocycles. The average Bonchev–Trinajstić information content (AvgIpc) is 2.64. The van der Waals surface area contributed by atoms with Gasteiger partial charge in [-0.2, -0.15) is 4.31 Å². The van der Waals surface area contributed by atoms with Crippen LogP contribution in [-0.4, -0.2) is 38.3 Å². The minimum atomic E-state index is -3.67. The number of benzene rings is 2. The summed E-state index contributed by atoms with van der Waals surface area (Å²) in [5.41, 5.74) is 1.05. The first-order valence-electron chi connectivity index (χ1n) is 8.78. The molecule has 0 heterocycles. The van der Waals surface area contributed by atoms with Gasteiger partial charge in [0.2, 0.25) is 10.0 Å². The zero-order valence-electron chi connectivity index (χ0n) is 15.6. The quantitative estimate of drug-likeness (QED) is 0.719. The maximum atomic E-state index is 13.4. The third kappa shape index (κ3) is 4.84. The molecule has 0 radical (unpaired) electrons. The number of rotatable bonds is 8. The van der Waals surface area contributed by atoms with E-state index >= 15 is 0 Å². The minimum Gasteiger partial charge on any atom is -0.384 e. The standard InChI is InChI=1S/C19H24FN3O3S/c1-4-21-17-11-10-16(27(25,26)23(5-2)6-3)13-18(17)22-19(24)14-8-7-9-15(20)12-14/h7-13,21H,4-6H2,1-3H3,(H,22,24). The molecule has 0 spiro atoms. The first-order chi connectivity index (χ1) is 12.8. The van der Waals surface area contributed by atoms with Gasteiger partial charge in [0.25, 0.3) is 5.91 Å². The molecule has 0 atom stereocenters. The van der Waals surface area contributed by atoms with Crippen molar-refractivity contribution < 1.29 is 17.6 Å². The van der Waals surface area contributed by atoms with E-state index in [0.29, 0.717) is 31.0 Å². The second-order valence-electron chi connectivity index (χ2n) is 5.79. The molecule has 0 aliphatic rings. The average molecular weight is 393 g/mol. The van der Waals surface area contributed by atoms with Crippen LogP contribution in [0.3, 0.4) is 0 Å². The van der Waals surface area contributed by atoms with Crippen LogP contribution in [-0.2, 0) is 10.0 Å². The van der Waals surface area contributed by atoms with Gasteiger partial charge in [0.05, 0.1) is 16.3 Å². The Labute approximate surface area is 159 Å². The number of amides is 1. The molecule has 2 aromatic carbocycles. The molecular formula is C19H24FN3O3S. The van der Waals surface area contributed by atoms with Crippen LogP contribution in [0.4, 0.5) is 15.8 Å². The molecule has 2 N–H and O–H groups in total. The van der Waals surface area contributed by atoms with Gasteiger partial charge in [-0.05, 0) is 43.3 Å². The van der Waals surface area contributed by atoms with Crippen molar-refractivity contribution in [3.05, 3.63) is 53.8 Å². The van der Waals surface area contributed by atoms with Crippen LogP contribution in [0.5, 0.6) is 0 Å². The topological polar surface area (TPSA) is 78.5 Å². The number of anilines is 2. The predicted molar refractivity (Wildman–Crippen MR) is 105 cm³/mol. The molecule has 0 fully saturated rings. The Morgan fingerprint density at radius 2 is 1.74 bits per heavy atom. The molecule has 0 aliphatic heterocycles. The van der Waals surface area contributed by atoms with Gasteiger partial charge in [-0.25, -0.2) is 12.8 Å². The minimum absolute atomic E-state index is 0.0856. The van der Waals surface area contributed by atoms with Gasteiger partial charge in [0.15, 0.2) is 0 Å². The lowest BCUT2D eigenvalue weighted by Crippen LogP contribution is -2.30. The van der Waals surface area contributed by atoms with E-state index in [-0.39, 0.29) is 10.5 Å². The highest BCUT2D eigenvalue weighted by Gasteiger charge is 2.23. The van der Waals surface area contributed by atoms with E-state index < -0.39 is 21.7 Å². The first kappa shape index (κ1) is 20.9. The van der Waals surface area contributed by atoms with Crippen molar-refractivity contribution >= 4 is 27.3 Å². The second-order valence-corrected chi connectivity index (χ2v) is 7.73. The molecule has 0 unspecified atom stereocenters. The van der Waals surface area contributed by atoms with Gasteiger partial charge in [0, 0.05) is 25.2 Å². The molecular weight excluding hydrogens is 369 g/mol. The number of halogens is 1. The Morgan fingerprint density at radius 1 is 1.04 bits per heavy atom. The van der Waals surface area contributed by atoms with Gasteiger partial charge < -0.3 is 10.6 Å². The Balaban J connectivity index is 2.42. The predicted octanol–water partition coefficient (Wildman–Crippen LogP) is 3.54. The van der Waals surface area contributed by atoms with E-state index in [1.54, 1.807) is 19.9 Å². The van der Waals surface area contributed by atoms with Crippen molar-refractivity contribution in [3.8, 4) is 0 Å². The van der Waals surface area contributed by atoms with Gasteiger partial charge in [0.1, 0.15) is 5.82 Å². The number of carbonyl (C=O) groups is 1. The highest BCUT2D eigenvalue weighted by atomic mass is 32.2. The third-order valence-electron chi connectivity index (χ3n) is 4.04. The number of sulfonamides is 1. The molecule has 27 heavy (non-hydrogen) atoms. The van der Waals surface area contributed by atoms with E-state index in [1.807, 2.05) is 6.92 Å². The Hall–Kier alpha value is -2.45. The molecule has 146 valence electrons. The fourth-order valence-electron chi connectivity index (χ4n) is 2.67. The van der Waals surface area contributed by atoms with Crippen molar-refractivity contribution in [3.63, 3.8) is 0 Å². The lowest BCUT2D eigenvalue weighted by atomic mass is 10.2. The van der Waals surface area contributed by atoms with Crippen molar-refractivity contribution in [2.24, 2.45) is 0 Å². The zero-order valence-corrected chi connectivity index (χ0v) is 16.4. The number of nitrogens with one attached hydrogen (secondary N) is 2. The number of hydrogen-bond donors (Lipinski definition) is 2. The highest BCUT2D eigenvalue weighted by molar-refractivity contribution is 7.89. The summed E-state index contributed by atoms with van der Waals surface area (Å²) in [7, 11) is -3.67. The summed E-state index contributed by atoms with van der Waals surface area (Å²) in [6, 6.07) is 9.84. The summed E-state index contributed by atoms with van der Waals surface area (Å²) < 4.78 is 40.2. The Kier molecular flexibility index (Phi) is 6.92. The van der Waals surface area contributed by atoms with Crippen molar-refractivity contribution in [1.29, 1.82) is 0 Å². The molecule has 6 nitrogen and oxygen atoms in total. The van der Waals surface area contributed by atoms with Crippen LogP contribution in [0, 0.1) is 5.82 Å². The van der Waals surface area contributed by atoms with Crippen molar-refractivity contribution in [2.45, 2.75) is 25.7 Å². The fraction of sp³-hybridized carbons (Fsp3) is 0.316. The lowest BCUT2D eigenvalue weighted by Gasteiger charge is -2.20. The SMILES string of the molecule is CCNc1ccc(S(=O)(=O)N(CC)CC)cc1NC(=O)c1cccc(F)c1. The molecule has 2 rings (SSSR count). The lowest BCUT2D eigenvalue weighted by molar-refractivity contribution is 0.102. The van der Waals surface area contributed by atoms with Gasteiger partial charge in [-0.1, -0.05) is 19.9 Å². The molecule has 0 saturated carbocycles. The van der Waals surface area contributed by atoms with Crippen LogP contribution in [0.25, 0.3) is 0 Å². The maximum Gasteiger partial charge on any atom is 0.255 e. The van der Waals surface area contributed by atoms with Crippen LogP contribution in [0.2, 0.25) is 0 Å². The fourth-order valence-corrected chi connectivity index (χ4v) is 4.15. The van der Waals surface area contributed by atoms with E-state index in [1.165, 1.54) is 34.6 Å². The molecule has 0 aromatic heterocycles. The number of nitrogens with zero attached hydrogens (tertiary/aromatic N) is 1. The van der Waals surface area contributed by atoms with Crippen molar-refractivity contribution in [1.82, 2.24) is 4.31 Å². The van der Waals surface area contributed by atoms with Crippen LogP contribution < -0.4 is 10.6 Å². The molecule has 8 heteroatoms. The van der Waals surface area contributed by atoms with Crippen molar-refractivity contribution in [2.75, 3.05) is 30.3 Å². The summed E-state index contributed by atoms with van der Waals surface area (Å²) in [5.74, 6) is -1.04. The first-order valence-corrected chi connectivity index (χ1v) is 10.2. The molecule has 0 bridgehead atoms. The summed E-state index contributed by atoms with van der Waals surface area (Å²) >= 11 is 0. The van der Waals surface area contributed by atoms with E-state index in [0.717, 1.165) is 6.07 Å². The Bertz CT molecular complexity index is 912. The summed E-state index contributed by atoms with van der Waals surface area (Å²) in [6.07, 6.45) is 0. The van der Waals surface area contributed by atoms with Crippen LogP contribution in [0.15, 0.2) is 47.4 Å². The van der Waals surface area contributed by atoms with E-state index in [2.05, 4.69) is 10.6 Å². The molecule has 0 saturated heterocycles. The largest absolute Gasteiger partial charge is 0.384 e. The zero-order chi connectivity index (χ0) is 20.0. The van der Waals surface area contributed by atoms with Gasteiger partial charge in [-0.15, -0.1) is 0 Å². The van der Waals surface area contributed by atoms with E-state index in [9.17, 15) is 17.6 Å². The number of carbonyl (C=O) groups excluding carboxylic acids is 1. The van der Waals surface area contributed by atoms with Crippen LogP contribution in [0.1, 0.15) is 31.1 Å². The van der Waals surface area contributed by atoms with Gasteiger partial charge >= 0.3 is 0 Å². The van der Waals surface area contributed by atoms with Crippen LogP contribution >= 0.6 is 0 Å². The summed E-state index contributed by atoms with van der Waals surface area (Å²) in [6.45, 7) is 6.70. The number of hydrogen-bond acceptors (Lipinski definition) is 4. The highest BCUT2D eigenvalue weighted by Crippen LogP contribution is 2.28. The maximum absolute atomic E-state index is 13.4. The monoisotopic (exact) mass is 393 g/mol. The second kappa shape index (κ2) is 8.96. The normalized spacial score (nSPS) is 11.4. The molecule has 2 aromatic rings. The van der Waals surface area contributed by atoms with E-state index in [4.69, 9.17) is 0 Å². The third-order valence-corrected chi connectivity index (χ3v) is 6.08. The molecule has 1 amide bonds. The smallest absolute Gasteiger partial charge is 0.255 e. The Morgan fingerprint density at radius 3 is 2.33 bits per heavy atom. The summed E-state index contributed by atoms with van der Waals surface area (Å²) in [5, 5.41) is 5.76.